The van der Waals surface area contributed by atoms with Gasteiger partial charge in [-0.1, -0.05) is 24.3 Å². The molecule has 2 amide bonds. The van der Waals surface area contributed by atoms with Gasteiger partial charge >= 0.3 is 0 Å². The lowest BCUT2D eigenvalue weighted by Gasteiger charge is -2.23. The number of hydrogen-bond acceptors (Lipinski definition) is 2. The normalized spacial score (nSPS) is 10.5. The maximum atomic E-state index is 12.9. The highest BCUT2D eigenvalue weighted by molar-refractivity contribution is 5.93. The number of aryl methyl sites for hydroxylation is 2. The Morgan fingerprint density at radius 1 is 1.08 bits per heavy atom. The highest BCUT2D eigenvalue weighted by Gasteiger charge is 2.15. The SMILES string of the molecule is CC(=O)N(CCC(=O)NCCc1ccc(F)cc1)c1cc(C)ccc1C. The number of carbonyl (C=O) groups excluding carboxylic acids is 2. The van der Waals surface area contributed by atoms with E-state index in [1.165, 1.54) is 19.1 Å². The molecule has 0 atom stereocenters. The van der Waals surface area contributed by atoms with Crippen LogP contribution in [0.2, 0.25) is 0 Å². The quantitative estimate of drug-likeness (QED) is 0.825. The molecule has 4 nitrogen and oxygen atoms in total. The third kappa shape index (κ3) is 5.69. The van der Waals surface area contributed by atoms with Crippen molar-refractivity contribution < 1.29 is 14.0 Å². The van der Waals surface area contributed by atoms with Gasteiger partial charge in [0.1, 0.15) is 5.82 Å². The number of nitrogens with zero attached hydrogens (tertiary/aromatic N) is 1. The molecule has 0 aliphatic carbocycles. The molecule has 138 valence electrons. The van der Waals surface area contributed by atoms with Crippen molar-refractivity contribution in [3.05, 3.63) is 65.0 Å². The summed E-state index contributed by atoms with van der Waals surface area (Å²) in [7, 11) is 0. The Kier molecular flexibility index (Phi) is 6.89. The summed E-state index contributed by atoms with van der Waals surface area (Å²) >= 11 is 0. The zero-order valence-electron chi connectivity index (χ0n) is 15.5. The summed E-state index contributed by atoms with van der Waals surface area (Å²) in [4.78, 5) is 25.7. The van der Waals surface area contributed by atoms with Crippen LogP contribution in [0.4, 0.5) is 10.1 Å². The highest BCUT2D eigenvalue weighted by Crippen LogP contribution is 2.22. The molecule has 0 fully saturated rings. The first-order valence-electron chi connectivity index (χ1n) is 8.73. The van der Waals surface area contributed by atoms with Gasteiger partial charge in [-0.05, 0) is 55.2 Å². The molecule has 0 heterocycles. The minimum atomic E-state index is -0.270. The molecule has 0 unspecified atom stereocenters. The molecule has 0 aromatic heterocycles. The first-order valence-corrected chi connectivity index (χ1v) is 8.73. The molecular formula is C21H25FN2O2. The standard InChI is InChI=1S/C21H25FN2O2/c1-15-4-5-16(2)20(14-15)24(17(3)25)13-11-21(26)23-12-10-18-6-8-19(22)9-7-18/h4-9,14H,10-13H2,1-3H3,(H,23,26). The van der Waals surface area contributed by atoms with Crippen molar-refractivity contribution >= 4 is 17.5 Å². The summed E-state index contributed by atoms with van der Waals surface area (Å²) in [6, 6.07) is 12.2. The number of benzene rings is 2. The molecule has 2 aromatic rings. The van der Waals surface area contributed by atoms with Gasteiger partial charge in [0.2, 0.25) is 11.8 Å². The van der Waals surface area contributed by atoms with E-state index >= 15 is 0 Å². The summed E-state index contributed by atoms with van der Waals surface area (Å²) in [5.41, 5.74) is 3.88. The van der Waals surface area contributed by atoms with Gasteiger partial charge in [0.05, 0.1) is 0 Å². The number of anilines is 1. The molecule has 0 aliphatic rings. The van der Waals surface area contributed by atoms with Crippen LogP contribution in [0.3, 0.4) is 0 Å². The third-order valence-electron chi connectivity index (χ3n) is 4.25. The Bertz CT molecular complexity index is 772. The fourth-order valence-corrected chi connectivity index (χ4v) is 2.76. The Morgan fingerprint density at radius 3 is 2.42 bits per heavy atom. The van der Waals surface area contributed by atoms with Crippen molar-refractivity contribution in [3.63, 3.8) is 0 Å². The number of halogens is 1. The molecule has 0 spiro atoms. The lowest BCUT2D eigenvalue weighted by Crippen LogP contribution is -2.34. The summed E-state index contributed by atoms with van der Waals surface area (Å²) in [6.07, 6.45) is 0.871. The van der Waals surface area contributed by atoms with Crippen LogP contribution >= 0.6 is 0 Å². The minimum absolute atomic E-state index is 0.0854. The molecular weight excluding hydrogens is 331 g/mol. The Morgan fingerprint density at radius 2 is 1.77 bits per heavy atom. The second-order valence-corrected chi connectivity index (χ2v) is 6.44. The van der Waals surface area contributed by atoms with Crippen LogP contribution < -0.4 is 10.2 Å². The second-order valence-electron chi connectivity index (χ2n) is 6.44. The van der Waals surface area contributed by atoms with Gasteiger partial charge in [0, 0.05) is 32.1 Å². The molecule has 2 aromatic carbocycles. The summed E-state index contributed by atoms with van der Waals surface area (Å²) in [5, 5.41) is 2.85. The first-order chi connectivity index (χ1) is 12.4. The maximum absolute atomic E-state index is 12.9. The van der Waals surface area contributed by atoms with E-state index in [1.54, 1.807) is 17.0 Å². The topological polar surface area (TPSA) is 49.4 Å². The maximum Gasteiger partial charge on any atom is 0.223 e. The Hall–Kier alpha value is -2.69. The molecule has 0 aliphatic heterocycles. The average Bonchev–Trinajstić information content (AvgIpc) is 2.59. The third-order valence-corrected chi connectivity index (χ3v) is 4.25. The number of nitrogens with one attached hydrogen (secondary N) is 1. The molecule has 26 heavy (non-hydrogen) atoms. The van der Waals surface area contributed by atoms with Gasteiger partial charge in [0.25, 0.3) is 0 Å². The number of amides is 2. The number of carbonyl (C=O) groups is 2. The van der Waals surface area contributed by atoms with Gasteiger partial charge in [-0.15, -0.1) is 0 Å². The molecule has 0 saturated heterocycles. The van der Waals surface area contributed by atoms with E-state index in [0.717, 1.165) is 22.4 Å². The van der Waals surface area contributed by atoms with Crippen LogP contribution in [0.5, 0.6) is 0 Å². The predicted molar refractivity (Wildman–Crippen MR) is 102 cm³/mol. The zero-order chi connectivity index (χ0) is 19.1. The number of rotatable bonds is 7. The van der Waals surface area contributed by atoms with E-state index in [0.29, 0.717) is 19.5 Å². The van der Waals surface area contributed by atoms with Crippen molar-refractivity contribution in [2.24, 2.45) is 0 Å². The van der Waals surface area contributed by atoms with E-state index in [2.05, 4.69) is 5.32 Å². The summed E-state index contributed by atoms with van der Waals surface area (Å²) in [5.74, 6) is -0.463. The molecule has 1 N–H and O–H groups in total. The van der Waals surface area contributed by atoms with Crippen LogP contribution in [-0.2, 0) is 16.0 Å². The van der Waals surface area contributed by atoms with Gasteiger partial charge in [-0.3, -0.25) is 9.59 Å². The second kappa shape index (κ2) is 9.13. The van der Waals surface area contributed by atoms with Gasteiger partial charge < -0.3 is 10.2 Å². The molecule has 0 saturated carbocycles. The molecule has 0 bridgehead atoms. The van der Waals surface area contributed by atoms with Crippen LogP contribution in [-0.4, -0.2) is 24.9 Å². The van der Waals surface area contributed by atoms with Crippen molar-refractivity contribution in [3.8, 4) is 0 Å². The fourth-order valence-electron chi connectivity index (χ4n) is 2.76. The fraction of sp³-hybridized carbons (Fsp3) is 0.333. The largest absolute Gasteiger partial charge is 0.356 e. The summed E-state index contributed by atoms with van der Waals surface area (Å²) < 4.78 is 12.9. The van der Waals surface area contributed by atoms with Gasteiger partial charge in [0.15, 0.2) is 0 Å². The van der Waals surface area contributed by atoms with Gasteiger partial charge in [-0.2, -0.15) is 0 Å². The van der Waals surface area contributed by atoms with Crippen LogP contribution in [0, 0.1) is 19.7 Å². The first kappa shape index (κ1) is 19.6. The number of hydrogen-bond donors (Lipinski definition) is 1. The Balaban J connectivity index is 1.86. The monoisotopic (exact) mass is 356 g/mol. The van der Waals surface area contributed by atoms with E-state index in [4.69, 9.17) is 0 Å². The molecule has 0 radical (unpaired) electrons. The molecule has 5 heteroatoms. The summed E-state index contributed by atoms with van der Waals surface area (Å²) in [6.45, 7) is 6.25. The van der Waals surface area contributed by atoms with Crippen molar-refractivity contribution in [2.45, 2.75) is 33.6 Å². The lowest BCUT2D eigenvalue weighted by molar-refractivity contribution is -0.121. The van der Waals surface area contributed by atoms with E-state index < -0.39 is 0 Å². The van der Waals surface area contributed by atoms with Crippen molar-refractivity contribution in [1.29, 1.82) is 0 Å². The predicted octanol–water partition coefficient (Wildman–Crippen LogP) is 3.54. The average molecular weight is 356 g/mol. The Labute approximate surface area is 154 Å². The van der Waals surface area contributed by atoms with E-state index in [-0.39, 0.29) is 24.1 Å². The van der Waals surface area contributed by atoms with Crippen molar-refractivity contribution in [1.82, 2.24) is 5.32 Å². The van der Waals surface area contributed by atoms with Crippen LogP contribution in [0.15, 0.2) is 42.5 Å². The molecule has 2 rings (SSSR count). The lowest BCUT2D eigenvalue weighted by atomic mass is 10.1. The smallest absolute Gasteiger partial charge is 0.223 e. The van der Waals surface area contributed by atoms with E-state index in [1.807, 2.05) is 32.0 Å². The highest BCUT2D eigenvalue weighted by atomic mass is 19.1. The van der Waals surface area contributed by atoms with Crippen molar-refractivity contribution in [2.75, 3.05) is 18.0 Å². The van der Waals surface area contributed by atoms with Gasteiger partial charge in [-0.25, -0.2) is 4.39 Å². The van der Waals surface area contributed by atoms with Crippen LogP contribution in [0.25, 0.3) is 0 Å². The van der Waals surface area contributed by atoms with E-state index in [9.17, 15) is 14.0 Å². The minimum Gasteiger partial charge on any atom is -0.356 e. The zero-order valence-corrected chi connectivity index (χ0v) is 15.5. The van der Waals surface area contributed by atoms with Crippen LogP contribution in [0.1, 0.15) is 30.0 Å².